The highest BCUT2D eigenvalue weighted by molar-refractivity contribution is 7.86. The lowest BCUT2D eigenvalue weighted by molar-refractivity contribution is -0.128. The second-order valence-corrected chi connectivity index (χ2v) is 6.07. The zero-order chi connectivity index (χ0) is 15.0. The van der Waals surface area contributed by atoms with Crippen LogP contribution < -0.4 is 10.2 Å². The first-order valence-corrected chi connectivity index (χ1v) is 7.83. The summed E-state index contributed by atoms with van der Waals surface area (Å²) in [7, 11) is 0.0618. The number of rotatable bonds is 8. The summed E-state index contributed by atoms with van der Waals surface area (Å²) in [5.74, 6) is 0.0650. The van der Waals surface area contributed by atoms with Gasteiger partial charge in [-0.2, -0.15) is 0 Å². The van der Waals surface area contributed by atoms with E-state index in [4.69, 9.17) is 9.94 Å². The molecule has 0 fully saturated rings. The molecule has 1 amide bonds. The first-order chi connectivity index (χ1) is 9.63. The molecule has 112 valence electrons. The molecule has 0 aliphatic rings. The minimum atomic E-state index is -1.49. The average Bonchev–Trinajstić information content (AvgIpc) is 2.50. The summed E-state index contributed by atoms with van der Waals surface area (Å²) in [6.45, 7) is 2.06. The van der Waals surface area contributed by atoms with Gasteiger partial charge >= 0.3 is 0 Å². The molecule has 0 aliphatic heterocycles. The van der Waals surface area contributed by atoms with Gasteiger partial charge in [0.25, 0.3) is 5.91 Å². The van der Waals surface area contributed by atoms with E-state index in [0.717, 1.165) is 19.3 Å². The largest absolute Gasteiger partial charge is 0.497 e. The van der Waals surface area contributed by atoms with E-state index in [9.17, 15) is 9.00 Å². The third-order valence-corrected chi connectivity index (χ3v) is 4.73. The molecule has 5 nitrogen and oxygen atoms in total. The topological polar surface area (TPSA) is 75.6 Å². The van der Waals surface area contributed by atoms with Crippen LogP contribution >= 0.6 is 0 Å². The minimum Gasteiger partial charge on any atom is -0.497 e. The van der Waals surface area contributed by atoms with E-state index in [2.05, 4.69) is 6.92 Å². The first-order valence-electron chi connectivity index (χ1n) is 6.62. The van der Waals surface area contributed by atoms with Crippen LogP contribution in [0.5, 0.6) is 5.75 Å². The van der Waals surface area contributed by atoms with Gasteiger partial charge in [0.15, 0.2) is 0 Å². The molecule has 0 radical (unpaired) electrons. The first kappa shape index (κ1) is 16.7. The molecular weight excluding hydrogens is 278 g/mol. The Labute approximate surface area is 121 Å². The molecule has 20 heavy (non-hydrogen) atoms. The van der Waals surface area contributed by atoms with E-state index >= 15 is 0 Å². The van der Waals surface area contributed by atoms with Gasteiger partial charge in [-0.05, 0) is 30.7 Å². The number of carbonyl (C=O) groups excluding carboxylic acids is 1. The predicted molar refractivity (Wildman–Crippen MR) is 77.3 cm³/mol. The van der Waals surface area contributed by atoms with Crippen LogP contribution in [0.3, 0.4) is 0 Å². The Balaban J connectivity index is 2.82. The molecule has 0 bridgehead atoms. The number of nitrogens with one attached hydrogen (secondary N) is 1. The smallest absolute Gasteiger partial charge is 0.259 e. The fourth-order valence-corrected chi connectivity index (χ4v) is 3.22. The highest BCUT2D eigenvalue weighted by Crippen LogP contribution is 2.19. The van der Waals surface area contributed by atoms with E-state index in [1.54, 1.807) is 36.9 Å². The Kier molecular flexibility index (Phi) is 7.25. The third kappa shape index (κ3) is 4.61. The van der Waals surface area contributed by atoms with E-state index < -0.39 is 22.0 Å². The lowest BCUT2D eigenvalue weighted by Gasteiger charge is -2.14. The Bertz CT molecular complexity index is 447. The van der Waals surface area contributed by atoms with Crippen molar-refractivity contribution < 1.29 is 18.9 Å². The van der Waals surface area contributed by atoms with Crippen LogP contribution in [0.4, 0.5) is 0 Å². The van der Waals surface area contributed by atoms with Crippen molar-refractivity contribution in [3.8, 4) is 5.75 Å². The normalized spacial score (nSPS) is 13.6. The van der Waals surface area contributed by atoms with Gasteiger partial charge < -0.3 is 4.74 Å². The predicted octanol–water partition coefficient (Wildman–Crippen LogP) is 2.26. The summed E-state index contributed by atoms with van der Waals surface area (Å²) in [4.78, 5) is 12.2. The molecular formula is C14H21NO4S. The molecule has 2 N–H and O–H groups in total. The number of ether oxygens (including phenoxy) is 1. The van der Waals surface area contributed by atoms with Crippen molar-refractivity contribution in [2.45, 2.75) is 42.8 Å². The molecule has 0 aromatic heterocycles. The second-order valence-electron chi connectivity index (χ2n) is 4.43. The van der Waals surface area contributed by atoms with Crippen molar-refractivity contribution in [2.24, 2.45) is 0 Å². The number of unbranched alkanes of at least 4 members (excludes halogenated alkanes) is 2. The van der Waals surface area contributed by atoms with Crippen LogP contribution in [0, 0.1) is 0 Å². The van der Waals surface area contributed by atoms with Crippen LogP contribution in [0.25, 0.3) is 0 Å². The number of hydrogen-bond donors (Lipinski definition) is 2. The summed E-state index contributed by atoms with van der Waals surface area (Å²) in [5.41, 5.74) is 1.61. The Morgan fingerprint density at radius 3 is 2.50 bits per heavy atom. The van der Waals surface area contributed by atoms with E-state index in [0.29, 0.717) is 17.1 Å². The molecule has 0 saturated heterocycles. The maximum Gasteiger partial charge on any atom is 0.259 e. The molecule has 0 saturated carbocycles. The molecule has 2 atom stereocenters. The number of hydroxylamine groups is 1. The van der Waals surface area contributed by atoms with Crippen LogP contribution in [0.1, 0.15) is 32.6 Å². The maximum absolute atomic E-state index is 12.4. The number of carbonyl (C=O) groups is 1. The Hall–Kier alpha value is -1.40. The zero-order valence-electron chi connectivity index (χ0n) is 11.8. The molecule has 0 aliphatic carbocycles. The quantitative estimate of drug-likeness (QED) is 0.438. The lowest BCUT2D eigenvalue weighted by Crippen LogP contribution is -2.35. The molecule has 1 rings (SSSR count). The Morgan fingerprint density at radius 1 is 1.35 bits per heavy atom. The van der Waals surface area contributed by atoms with Crippen molar-refractivity contribution in [3.63, 3.8) is 0 Å². The average molecular weight is 299 g/mol. The third-order valence-electron chi connectivity index (χ3n) is 3.02. The van der Waals surface area contributed by atoms with Crippen molar-refractivity contribution in [3.05, 3.63) is 24.3 Å². The van der Waals surface area contributed by atoms with Crippen LogP contribution in [0.2, 0.25) is 0 Å². The van der Waals surface area contributed by atoms with Crippen LogP contribution in [-0.4, -0.2) is 27.7 Å². The molecule has 0 spiro atoms. The number of methoxy groups -OCH3 is 1. The molecule has 6 heteroatoms. The lowest BCUT2D eigenvalue weighted by atomic mass is 10.1. The summed E-state index contributed by atoms with van der Waals surface area (Å²) in [5, 5.41) is 8.05. The van der Waals surface area contributed by atoms with Gasteiger partial charge in [0.05, 0.1) is 17.9 Å². The second kappa shape index (κ2) is 8.71. The van der Waals surface area contributed by atoms with E-state index in [1.165, 1.54) is 0 Å². The number of amides is 1. The van der Waals surface area contributed by atoms with Crippen LogP contribution in [-0.2, 0) is 15.6 Å². The van der Waals surface area contributed by atoms with Gasteiger partial charge in [0.1, 0.15) is 11.0 Å². The molecule has 1 aromatic rings. The highest BCUT2D eigenvalue weighted by Gasteiger charge is 2.25. The monoisotopic (exact) mass is 299 g/mol. The Morgan fingerprint density at radius 2 is 2.00 bits per heavy atom. The molecule has 0 heterocycles. The SMILES string of the molecule is CCCCC[C@H](C(=O)NO)[S@](=O)c1ccc(OC)cc1. The van der Waals surface area contributed by atoms with Crippen molar-refractivity contribution >= 4 is 16.7 Å². The van der Waals surface area contributed by atoms with E-state index in [-0.39, 0.29) is 0 Å². The molecule has 1 aromatic carbocycles. The summed E-state index contributed by atoms with van der Waals surface area (Å²) >= 11 is 0. The van der Waals surface area contributed by atoms with Gasteiger partial charge in [0, 0.05) is 4.90 Å². The van der Waals surface area contributed by atoms with E-state index in [1.807, 2.05) is 0 Å². The maximum atomic E-state index is 12.4. The van der Waals surface area contributed by atoms with Crippen molar-refractivity contribution in [2.75, 3.05) is 7.11 Å². The van der Waals surface area contributed by atoms with Crippen LogP contribution in [0.15, 0.2) is 29.2 Å². The fraction of sp³-hybridized carbons (Fsp3) is 0.500. The molecule has 0 unspecified atom stereocenters. The summed E-state index contributed by atoms with van der Waals surface area (Å²) in [6.07, 6.45) is 3.27. The van der Waals surface area contributed by atoms with Gasteiger partial charge in [0.2, 0.25) is 0 Å². The van der Waals surface area contributed by atoms with Gasteiger partial charge in [-0.1, -0.05) is 26.2 Å². The van der Waals surface area contributed by atoms with Crippen molar-refractivity contribution in [1.82, 2.24) is 5.48 Å². The van der Waals surface area contributed by atoms with Gasteiger partial charge in [-0.3, -0.25) is 14.2 Å². The standard InChI is InChI=1S/C14H21NO4S/c1-3-4-5-6-13(14(16)15-17)20(18)12-9-7-11(19-2)8-10-12/h7-10,13,17H,3-6H2,1-2H3,(H,15,16)/t13-,20-/m1/s1. The van der Waals surface area contributed by atoms with Gasteiger partial charge in [-0.15, -0.1) is 0 Å². The number of hydrogen-bond acceptors (Lipinski definition) is 4. The summed E-state index contributed by atoms with van der Waals surface area (Å²) in [6, 6.07) is 6.75. The highest BCUT2D eigenvalue weighted by atomic mass is 32.2. The summed E-state index contributed by atoms with van der Waals surface area (Å²) < 4.78 is 17.5. The van der Waals surface area contributed by atoms with Gasteiger partial charge in [-0.25, -0.2) is 5.48 Å². The minimum absolute atomic E-state index is 0.485. The zero-order valence-corrected chi connectivity index (χ0v) is 12.6. The van der Waals surface area contributed by atoms with Crippen molar-refractivity contribution in [1.29, 1.82) is 0 Å². The fourth-order valence-electron chi connectivity index (χ4n) is 1.86. The number of benzene rings is 1.